The largest absolute Gasteiger partial charge is 0.380 e. The van der Waals surface area contributed by atoms with Gasteiger partial charge in [-0.05, 0) is 40.9 Å². The van der Waals surface area contributed by atoms with Gasteiger partial charge in [-0.25, -0.2) is 4.98 Å². The number of piperidine rings is 1. The summed E-state index contributed by atoms with van der Waals surface area (Å²) in [5.41, 5.74) is -1.33. The third kappa shape index (κ3) is 2.94. The summed E-state index contributed by atoms with van der Waals surface area (Å²) in [4.78, 5) is 19.4. The zero-order valence-corrected chi connectivity index (χ0v) is 16.1. The molecule has 2 saturated heterocycles. The molecule has 0 saturated carbocycles. The Hall–Kier alpha value is -0.800. The number of aromatic nitrogens is 1. The molecule has 0 radical (unpaired) electrons. The van der Waals surface area contributed by atoms with Crippen molar-refractivity contribution in [1.29, 1.82) is 0 Å². The van der Waals surface area contributed by atoms with Crippen LogP contribution in [-0.2, 0) is 10.3 Å². The maximum absolute atomic E-state index is 12.5. The van der Waals surface area contributed by atoms with E-state index < -0.39 is 5.60 Å². The highest BCUT2D eigenvalue weighted by atomic mass is 79.9. The molecule has 24 heavy (non-hydrogen) atoms. The molecule has 1 N–H and O–H groups in total. The minimum absolute atomic E-state index is 0.0775. The van der Waals surface area contributed by atoms with Crippen LogP contribution in [0.3, 0.4) is 0 Å². The lowest BCUT2D eigenvalue weighted by Gasteiger charge is -2.38. The standard InChI is InChI=1S/C16H17BrN2O3S2/c17-12-2-1-11(24-12)13(20)19-6-3-15(4-7-19)9-16(21,10-22-15)14-18-5-8-23-14/h1-2,5,8,21H,3-4,6-7,9-10H2/t16-/m1/s1. The van der Waals surface area contributed by atoms with Crippen molar-refractivity contribution < 1.29 is 14.6 Å². The molecule has 128 valence electrons. The summed E-state index contributed by atoms with van der Waals surface area (Å²) < 4.78 is 7.00. The summed E-state index contributed by atoms with van der Waals surface area (Å²) in [5, 5.41) is 13.5. The number of ether oxygens (including phenoxy) is 1. The first-order valence-corrected chi connectivity index (χ1v) is 10.3. The van der Waals surface area contributed by atoms with Crippen molar-refractivity contribution in [3.05, 3.63) is 37.4 Å². The zero-order valence-electron chi connectivity index (χ0n) is 12.9. The van der Waals surface area contributed by atoms with E-state index in [9.17, 15) is 9.90 Å². The number of carbonyl (C=O) groups excluding carboxylic acids is 1. The summed E-state index contributed by atoms with van der Waals surface area (Å²) in [6.07, 6.45) is 3.77. The fourth-order valence-electron chi connectivity index (χ4n) is 3.52. The van der Waals surface area contributed by atoms with E-state index >= 15 is 0 Å². The fourth-order valence-corrected chi connectivity index (χ4v) is 5.60. The second-order valence-corrected chi connectivity index (χ2v) is 9.77. The van der Waals surface area contributed by atoms with Gasteiger partial charge in [0.25, 0.3) is 5.91 Å². The first-order valence-electron chi connectivity index (χ1n) is 7.81. The molecule has 0 aromatic carbocycles. The topological polar surface area (TPSA) is 62.7 Å². The lowest BCUT2D eigenvalue weighted by molar-refractivity contribution is -0.0430. The highest BCUT2D eigenvalue weighted by molar-refractivity contribution is 9.11. The number of rotatable bonds is 2. The van der Waals surface area contributed by atoms with E-state index in [1.165, 1.54) is 22.7 Å². The van der Waals surface area contributed by atoms with Gasteiger partial charge in [0.1, 0.15) is 10.6 Å². The molecule has 0 aliphatic carbocycles. The lowest BCUT2D eigenvalue weighted by Crippen LogP contribution is -2.46. The molecule has 4 heterocycles. The molecule has 5 nitrogen and oxygen atoms in total. The van der Waals surface area contributed by atoms with E-state index in [0.717, 1.165) is 26.5 Å². The van der Waals surface area contributed by atoms with Gasteiger partial charge in [0, 0.05) is 31.1 Å². The van der Waals surface area contributed by atoms with Crippen molar-refractivity contribution in [1.82, 2.24) is 9.88 Å². The van der Waals surface area contributed by atoms with Crippen LogP contribution in [0.2, 0.25) is 0 Å². The van der Waals surface area contributed by atoms with Gasteiger partial charge in [0.2, 0.25) is 0 Å². The van der Waals surface area contributed by atoms with Gasteiger partial charge >= 0.3 is 0 Å². The van der Waals surface area contributed by atoms with E-state index in [0.29, 0.717) is 19.5 Å². The summed E-state index contributed by atoms with van der Waals surface area (Å²) >= 11 is 6.32. The van der Waals surface area contributed by atoms with Crippen LogP contribution < -0.4 is 0 Å². The highest BCUT2D eigenvalue weighted by Crippen LogP contribution is 2.45. The Balaban J connectivity index is 1.42. The lowest BCUT2D eigenvalue weighted by atomic mass is 9.83. The van der Waals surface area contributed by atoms with Gasteiger partial charge in [0.15, 0.2) is 0 Å². The summed E-state index contributed by atoms with van der Waals surface area (Å²) in [5.74, 6) is 0.0775. The second kappa shape index (κ2) is 6.17. The Kier molecular flexibility index (Phi) is 4.29. The Morgan fingerprint density at radius 2 is 2.17 bits per heavy atom. The number of halogens is 1. The molecular formula is C16H17BrN2O3S2. The number of carbonyl (C=O) groups is 1. The van der Waals surface area contributed by atoms with Gasteiger partial charge in [-0.15, -0.1) is 22.7 Å². The van der Waals surface area contributed by atoms with Gasteiger partial charge in [0.05, 0.1) is 20.9 Å². The molecule has 2 aliphatic rings. The van der Waals surface area contributed by atoms with E-state index in [-0.39, 0.29) is 18.1 Å². The molecule has 4 rings (SSSR count). The molecule has 2 aliphatic heterocycles. The monoisotopic (exact) mass is 428 g/mol. The van der Waals surface area contributed by atoms with Gasteiger partial charge in [-0.2, -0.15) is 0 Å². The van der Waals surface area contributed by atoms with E-state index in [2.05, 4.69) is 20.9 Å². The molecule has 8 heteroatoms. The maximum Gasteiger partial charge on any atom is 0.263 e. The number of nitrogens with zero attached hydrogens (tertiary/aromatic N) is 2. The summed E-state index contributed by atoms with van der Waals surface area (Å²) in [6, 6.07) is 3.76. The van der Waals surface area contributed by atoms with E-state index in [4.69, 9.17) is 4.74 Å². The smallest absolute Gasteiger partial charge is 0.263 e. The number of thiophene rings is 1. The van der Waals surface area contributed by atoms with Gasteiger partial charge < -0.3 is 14.7 Å². The number of aliphatic hydroxyl groups is 1. The molecule has 2 aromatic rings. The van der Waals surface area contributed by atoms with Crippen LogP contribution in [0.1, 0.15) is 33.9 Å². The molecule has 0 unspecified atom stereocenters. The van der Waals surface area contributed by atoms with Crippen LogP contribution >= 0.6 is 38.6 Å². The Labute approximate surface area is 156 Å². The van der Waals surface area contributed by atoms with Crippen LogP contribution in [0.25, 0.3) is 0 Å². The molecule has 0 bridgehead atoms. The quantitative estimate of drug-likeness (QED) is 0.796. The summed E-state index contributed by atoms with van der Waals surface area (Å²) in [7, 11) is 0. The van der Waals surface area contributed by atoms with Crippen LogP contribution in [0, 0.1) is 0 Å². The van der Waals surface area contributed by atoms with E-state index in [1.807, 2.05) is 22.4 Å². The van der Waals surface area contributed by atoms with Crippen LogP contribution in [-0.4, -0.2) is 46.2 Å². The number of hydrogen-bond acceptors (Lipinski definition) is 6. The number of hydrogen-bond donors (Lipinski definition) is 1. The molecular weight excluding hydrogens is 412 g/mol. The normalized spacial score (nSPS) is 26.2. The second-order valence-electron chi connectivity index (χ2n) is 6.41. The number of thiazole rings is 1. The van der Waals surface area contributed by atoms with Crippen molar-refractivity contribution in [3.8, 4) is 0 Å². The van der Waals surface area contributed by atoms with Crippen LogP contribution in [0.4, 0.5) is 0 Å². The average Bonchev–Trinajstić information content (AvgIpc) is 3.29. The molecule has 2 fully saturated rings. The molecule has 1 atom stereocenters. The third-order valence-corrected chi connectivity index (χ3v) is 7.39. The Morgan fingerprint density at radius 3 is 2.79 bits per heavy atom. The first kappa shape index (κ1) is 16.7. The Bertz CT molecular complexity index is 740. The van der Waals surface area contributed by atoms with E-state index in [1.54, 1.807) is 6.20 Å². The molecule has 2 aromatic heterocycles. The third-order valence-electron chi connectivity index (χ3n) is 4.81. The number of amides is 1. The Morgan fingerprint density at radius 1 is 1.38 bits per heavy atom. The fraction of sp³-hybridized carbons (Fsp3) is 0.500. The van der Waals surface area contributed by atoms with Crippen molar-refractivity contribution in [2.45, 2.75) is 30.5 Å². The predicted molar refractivity (Wildman–Crippen MR) is 96.5 cm³/mol. The van der Waals surface area contributed by atoms with Crippen molar-refractivity contribution >= 4 is 44.5 Å². The average molecular weight is 429 g/mol. The first-order chi connectivity index (χ1) is 11.5. The zero-order chi connectivity index (χ0) is 16.8. The van der Waals surface area contributed by atoms with Gasteiger partial charge in [-0.1, -0.05) is 0 Å². The van der Waals surface area contributed by atoms with Crippen molar-refractivity contribution in [2.24, 2.45) is 0 Å². The number of likely N-dealkylation sites (tertiary alicyclic amines) is 1. The minimum atomic E-state index is -0.987. The van der Waals surface area contributed by atoms with Crippen LogP contribution in [0.5, 0.6) is 0 Å². The SMILES string of the molecule is O=C(c1ccc(Br)s1)N1CCC2(CC1)C[C@](O)(c1nccs1)CO2. The summed E-state index contributed by atoms with van der Waals surface area (Å²) in [6.45, 7) is 1.59. The van der Waals surface area contributed by atoms with Crippen LogP contribution in [0.15, 0.2) is 27.5 Å². The molecule has 1 spiro atoms. The maximum atomic E-state index is 12.5. The predicted octanol–water partition coefficient (Wildman–Crippen LogP) is 3.25. The van der Waals surface area contributed by atoms with Gasteiger partial charge in [-0.3, -0.25) is 4.79 Å². The molecule has 1 amide bonds. The van der Waals surface area contributed by atoms with Crippen molar-refractivity contribution in [3.63, 3.8) is 0 Å². The highest BCUT2D eigenvalue weighted by Gasteiger charge is 2.52. The minimum Gasteiger partial charge on any atom is -0.380 e. The van der Waals surface area contributed by atoms with Crippen molar-refractivity contribution in [2.75, 3.05) is 19.7 Å².